The molecule has 1 aliphatic rings. The van der Waals surface area contributed by atoms with E-state index in [1.165, 1.54) is 25.7 Å². The van der Waals surface area contributed by atoms with E-state index in [9.17, 15) is 9.90 Å². The van der Waals surface area contributed by atoms with Crippen molar-refractivity contribution < 1.29 is 9.90 Å². The lowest BCUT2D eigenvalue weighted by molar-refractivity contribution is 0.0166. The lowest BCUT2D eigenvalue weighted by Crippen LogP contribution is -2.47. The highest BCUT2D eigenvalue weighted by molar-refractivity contribution is 5.73. The molecule has 1 aromatic rings. The molecule has 2 amide bonds. The van der Waals surface area contributed by atoms with Crippen molar-refractivity contribution in [2.24, 2.45) is 5.92 Å². The molecule has 1 aromatic heterocycles. The number of hydrogen-bond donors (Lipinski definition) is 3. The van der Waals surface area contributed by atoms with Crippen LogP contribution < -0.4 is 15.5 Å². The number of rotatable bonds is 6. The predicted octanol–water partition coefficient (Wildman–Crippen LogP) is 2.67. The zero-order valence-corrected chi connectivity index (χ0v) is 15.7. The van der Waals surface area contributed by atoms with Gasteiger partial charge in [0.1, 0.15) is 5.82 Å². The van der Waals surface area contributed by atoms with Gasteiger partial charge < -0.3 is 20.6 Å². The van der Waals surface area contributed by atoms with Gasteiger partial charge in [-0.2, -0.15) is 0 Å². The minimum atomic E-state index is -0.909. The van der Waals surface area contributed by atoms with Gasteiger partial charge in [-0.3, -0.25) is 0 Å². The number of amides is 2. The Labute approximate surface area is 151 Å². The third kappa shape index (κ3) is 6.20. The highest BCUT2D eigenvalue weighted by atomic mass is 16.3. The quantitative estimate of drug-likeness (QED) is 0.739. The Morgan fingerprint density at radius 2 is 1.92 bits per heavy atom. The number of carbonyl (C=O) groups excluding carboxylic acids is 1. The number of hydrogen-bond acceptors (Lipinski definition) is 4. The number of pyridine rings is 1. The van der Waals surface area contributed by atoms with E-state index >= 15 is 0 Å². The van der Waals surface area contributed by atoms with E-state index in [1.54, 1.807) is 6.92 Å². The van der Waals surface area contributed by atoms with Crippen molar-refractivity contribution in [3.63, 3.8) is 0 Å². The van der Waals surface area contributed by atoms with Crippen LogP contribution in [0.1, 0.15) is 52.0 Å². The summed E-state index contributed by atoms with van der Waals surface area (Å²) in [5, 5.41) is 15.7. The van der Waals surface area contributed by atoms with Crippen LogP contribution >= 0.6 is 0 Å². The molecule has 2 rings (SSSR count). The maximum Gasteiger partial charge on any atom is 0.315 e. The van der Waals surface area contributed by atoms with Gasteiger partial charge in [-0.25, -0.2) is 9.78 Å². The highest BCUT2D eigenvalue weighted by Crippen LogP contribution is 2.17. The molecule has 6 nitrogen and oxygen atoms in total. The number of aromatic nitrogens is 1. The number of anilines is 1. The van der Waals surface area contributed by atoms with Gasteiger partial charge in [0.25, 0.3) is 0 Å². The SMILES string of the molecule is CC(C)C(C)(O)CNC(=O)NCc1ccc(N2CCCCCC2)nc1. The molecule has 140 valence electrons. The van der Waals surface area contributed by atoms with Gasteiger partial charge in [-0.1, -0.05) is 32.8 Å². The second-order valence-corrected chi connectivity index (χ2v) is 7.47. The lowest BCUT2D eigenvalue weighted by Gasteiger charge is -2.27. The van der Waals surface area contributed by atoms with E-state index in [0.29, 0.717) is 6.54 Å². The van der Waals surface area contributed by atoms with E-state index in [-0.39, 0.29) is 18.5 Å². The van der Waals surface area contributed by atoms with Crippen LogP contribution in [-0.4, -0.2) is 41.4 Å². The highest BCUT2D eigenvalue weighted by Gasteiger charge is 2.25. The van der Waals surface area contributed by atoms with Crippen molar-refractivity contribution in [3.8, 4) is 0 Å². The van der Waals surface area contributed by atoms with E-state index in [2.05, 4.69) is 20.5 Å². The number of nitrogens with one attached hydrogen (secondary N) is 2. The average Bonchev–Trinajstić information content (AvgIpc) is 2.88. The maximum atomic E-state index is 11.9. The molecule has 0 bridgehead atoms. The van der Waals surface area contributed by atoms with E-state index in [1.807, 2.05) is 32.2 Å². The molecule has 2 heterocycles. The van der Waals surface area contributed by atoms with Gasteiger partial charge in [0.2, 0.25) is 0 Å². The van der Waals surface area contributed by atoms with Crippen LogP contribution in [-0.2, 0) is 6.54 Å². The summed E-state index contributed by atoms with van der Waals surface area (Å²) in [5.74, 6) is 1.09. The van der Waals surface area contributed by atoms with Crippen molar-refractivity contribution in [2.45, 2.75) is 58.6 Å². The molecule has 1 fully saturated rings. The molecule has 1 atom stereocenters. The maximum absolute atomic E-state index is 11.9. The van der Waals surface area contributed by atoms with Crippen molar-refractivity contribution in [2.75, 3.05) is 24.5 Å². The zero-order chi connectivity index (χ0) is 18.3. The molecule has 0 spiro atoms. The first kappa shape index (κ1) is 19.5. The fraction of sp³-hybridized carbons (Fsp3) is 0.684. The molecule has 6 heteroatoms. The molecule has 25 heavy (non-hydrogen) atoms. The molecule has 0 aliphatic carbocycles. The Balaban J connectivity index is 1.78. The Kier molecular flexibility index (Phi) is 7.05. The Hall–Kier alpha value is -1.82. The summed E-state index contributed by atoms with van der Waals surface area (Å²) in [4.78, 5) is 18.8. The molecule has 3 N–H and O–H groups in total. The zero-order valence-electron chi connectivity index (χ0n) is 15.7. The molecule has 1 unspecified atom stereocenters. The van der Waals surface area contributed by atoms with Crippen LogP contribution in [0.4, 0.5) is 10.6 Å². The second-order valence-electron chi connectivity index (χ2n) is 7.47. The second kappa shape index (κ2) is 9.04. The monoisotopic (exact) mass is 348 g/mol. The number of nitrogens with zero attached hydrogens (tertiary/aromatic N) is 2. The average molecular weight is 348 g/mol. The summed E-state index contributed by atoms with van der Waals surface area (Å²) in [6.45, 7) is 8.37. The molecular weight excluding hydrogens is 316 g/mol. The van der Waals surface area contributed by atoms with E-state index < -0.39 is 5.60 Å². The van der Waals surface area contributed by atoms with Gasteiger partial charge in [0, 0.05) is 32.4 Å². The van der Waals surface area contributed by atoms with E-state index in [4.69, 9.17) is 0 Å². The Bertz CT molecular complexity index is 535. The van der Waals surface area contributed by atoms with Crippen molar-refractivity contribution in [1.82, 2.24) is 15.6 Å². The molecule has 0 saturated carbocycles. The Morgan fingerprint density at radius 3 is 2.48 bits per heavy atom. The first-order chi connectivity index (χ1) is 11.9. The van der Waals surface area contributed by atoms with Gasteiger partial charge >= 0.3 is 6.03 Å². The summed E-state index contributed by atoms with van der Waals surface area (Å²) in [6, 6.07) is 3.76. The molecule has 1 aliphatic heterocycles. The van der Waals surface area contributed by atoms with Crippen LogP contribution in [0.2, 0.25) is 0 Å². The number of aliphatic hydroxyl groups is 1. The normalized spacial score (nSPS) is 17.7. The summed E-state index contributed by atoms with van der Waals surface area (Å²) >= 11 is 0. The molecular formula is C19H32N4O2. The fourth-order valence-corrected chi connectivity index (χ4v) is 2.72. The smallest absolute Gasteiger partial charge is 0.315 e. The summed E-state index contributed by atoms with van der Waals surface area (Å²) in [7, 11) is 0. The van der Waals surface area contributed by atoms with Gasteiger partial charge in [-0.15, -0.1) is 0 Å². The van der Waals surface area contributed by atoms with Crippen LogP contribution in [0, 0.1) is 5.92 Å². The fourth-order valence-electron chi connectivity index (χ4n) is 2.72. The lowest BCUT2D eigenvalue weighted by atomic mass is 9.93. The van der Waals surface area contributed by atoms with Crippen molar-refractivity contribution in [3.05, 3.63) is 23.9 Å². The third-order valence-electron chi connectivity index (χ3n) is 5.04. The summed E-state index contributed by atoms with van der Waals surface area (Å²) in [5.41, 5.74) is 0.0533. The van der Waals surface area contributed by atoms with Crippen LogP contribution in [0.5, 0.6) is 0 Å². The summed E-state index contributed by atoms with van der Waals surface area (Å²) in [6.07, 6.45) is 6.88. The standard InChI is InChI=1S/C19H32N4O2/c1-15(2)19(3,25)14-22-18(24)21-13-16-8-9-17(20-12-16)23-10-6-4-5-7-11-23/h8-9,12,15,25H,4-7,10-11,13-14H2,1-3H3,(H2,21,22,24). The predicted molar refractivity (Wildman–Crippen MR) is 101 cm³/mol. The number of carbonyl (C=O) groups is 1. The topological polar surface area (TPSA) is 77.5 Å². The number of urea groups is 1. The van der Waals surface area contributed by atoms with Gasteiger partial charge in [0.15, 0.2) is 0 Å². The first-order valence-electron chi connectivity index (χ1n) is 9.32. The van der Waals surface area contributed by atoms with Crippen LogP contribution in [0.25, 0.3) is 0 Å². The van der Waals surface area contributed by atoms with Gasteiger partial charge in [0.05, 0.1) is 5.60 Å². The van der Waals surface area contributed by atoms with Crippen molar-refractivity contribution >= 4 is 11.8 Å². The molecule has 0 radical (unpaired) electrons. The largest absolute Gasteiger partial charge is 0.388 e. The molecule has 0 aromatic carbocycles. The summed E-state index contributed by atoms with van der Waals surface area (Å²) < 4.78 is 0. The van der Waals surface area contributed by atoms with E-state index in [0.717, 1.165) is 24.5 Å². The minimum Gasteiger partial charge on any atom is -0.388 e. The van der Waals surface area contributed by atoms with Gasteiger partial charge in [-0.05, 0) is 37.3 Å². The Morgan fingerprint density at radius 1 is 1.24 bits per heavy atom. The first-order valence-corrected chi connectivity index (χ1v) is 9.32. The third-order valence-corrected chi connectivity index (χ3v) is 5.04. The van der Waals surface area contributed by atoms with Crippen molar-refractivity contribution in [1.29, 1.82) is 0 Å². The van der Waals surface area contributed by atoms with Crippen LogP contribution in [0.3, 0.4) is 0 Å². The minimum absolute atomic E-state index is 0.0727. The molecule has 1 saturated heterocycles. The van der Waals surface area contributed by atoms with Crippen LogP contribution in [0.15, 0.2) is 18.3 Å².